The van der Waals surface area contributed by atoms with Crippen LogP contribution in [0.3, 0.4) is 0 Å². The molecular formula is C17H23N3O4. The summed E-state index contributed by atoms with van der Waals surface area (Å²) in [6.07, 6.45) is 0.730. The first-order valence-corrected chi connectivity index (χ1v) is 7.96. The highest BCUT2D eigenvalue weighted by molar-refractivity contribution is 6.01. The lowest BCUT2D eigenvalue weighted by Gasteiger charge is -2.20. The van der Waals surface area contributed by atoms with Gasteiger partial charge in [-0.1, -0.05) is 13.8 Å². The Hall–Kier alpha value is -2.57. The molecule has 0 saturated carbocycles. The molecule has 1 aliphatic rings. The van der Waals surface area contributed by atoms with Crippen molar-refractivity contribution in [3.8, 4) is 0 Å². The Balaban J connectivity index is 2.21. The molecule has 1 aromatic rings. The average molecular weight is 333 g/mol. The van der Waals surface area contributed by atoms with Crippen LogP contribution in [0, 0.1) is 5.92 Å². The smallest absolute Gasteiger partial charge is 0.326 e. The molecule has 2 rings (SSSR count). The zero-order valence-electron chi connectivity index (χ0n) is 14.1. The van der Waals surface area contributed by atoms with Crippen LogP contribution in [0.4, 0.5) is 11.4 Å². The largest absolute Gasteiger partial charge is 0.480 e. The Bertz CT molecular complexity index is 657. The summed E-state index contributed by atoms with van der Waals surface area (Å²) < 4.78 is 0. The molecule has 0 bridgehead atoms. The Labute approximate surface area is 141 Å². The van der Waals surface area contributed by atoms with Crippen molar-refractivity contribution in [3.63, 3.8) is 0 Å². The third-order valence-corrected chi connectivity index (χ3v) is 3.93. The van der Waals surface area contributed by atoms with E-state index in [9.17, 15) is 19.5 Å². The maximum atomic E-state index is 12.4. The van der Waals surface area contributed by atoms with Gasteiger partial charge in [-0.2, -0.15) is 0 Å². The fourth-order valence-corrected chi connectivity index (χ4v) is 2.65. The topological polar surface area (TPSA) is 98.7 Å². The van der Waals surface area contributed by atoms with Crippen molar-refractivity contribution < 1.29 is 19.5 Å². The molecule has 0 saturated heterocycles. The highest BCUT2D eigenvalue weighted by Crippen LogP contribution is 2.28. The van der Waals surface area contributed by atoms with Crippen LogP contribution < -0.4 is 15.5 Å². The van der Waals surface area contributed by atoms with Gasteiger partial charge in [-0.25, -0.2) is 4.79 Å². The van der Waals surface area contributed by atoms with Gasteiger partial charge in [0.2, 0.25) is 5.91 Å². The van der Waals surface area contributed by atoms with E-state index >= 15 is 0 Å². The molecule has 7 heteroatoms. The molecule has 0 spiro atoms. The summed E-state index contributed by atoms with van der Waals surface area (Å²) in [7, 11) is 1.88. The van der Waals surface area contributed by atoms with E-state index in [0.29, 0.717) is 30.6 Å². The summed E-state index contributed by atoms with van der Waals surface area (Å²) in [5, 5.41) is 14.6. The minimum atomic E-state index is -1.06. The van der Waals surface area contributed by atoms with E-state index < -0.39 is 17.9 Å². The maximum Gasteiger partial charge on any atom is 0.326 e. The second-order valence-corrected chi connectivity index (χ2v) is 6.45. The number of fused-ring (bicyclic) bond motifs is 1. The zero-order valence-corrected chi connectivity index (χ0v) is 14.1. The highest BCUT2D eigenvalue weighted by Gasteiger charge is 2.23. The second-order valence-electron chi connectivity index (χ2n) is 6.45. The molecule has 0 aromatic heterocycles. The number of nitrogens with zero attached hydrogens (tertiary/aromatic N) is 1. The summed E-state index contributed by atoms with van der Waals surface area (Å²) in [6.45, 7) is 4.39. The lowest BCUT2D eigenvalue weighted by Crippen LogP contribution is -2.41. The van der Waals surface area contributed by atoms with Gasteiger partial charge in [-0.05, 0) is 30.5 Å². The van der Waals surface area contributed by atoms with E-state index in [1.807, 2.05) is 25.8 Å². The summed E-state index contributed by atoms with van der Waals surface area (Å²) in [5.41, 5.74) is 1.71. The summed E-state index contributed by atoms with van der Waals surface area (Å²) >= 11 is 0. The molecule has 0 aliphatic carbocycles. The number of carbonyl (C=O) groups is 3. The van der Waals surface area contributed by atoms with E-state index in [2.05, 4.69) is 10.6 Å². The van der Waals surface area contributed by atoms with Crippen molar-refractivity contribution in [2.24, 2.45) is 5.92 Å². The number of carbonyl (C=O) groups excluding carboxylic acids is 2. The molecule has 0 radical (unpaired) electrons. The molecule has 0 fully saturated rings. The van der Waals surface area contributed by atoms with E-state index in [0.717, 1.165) is 5.69 Å². The van der Waals surface area contributed by atoms with E-state index in [-0.39, 0.29) is 11.8 Å². The average Bonchev–Trinajstić information content (AvgIpc) is 2.64. The van der Waals surface area contributed by atoms with Gasteiger partial charge in [-0.3, -0.25) is 9.59 Å². The predicted octanol–water partition coefficient (Wildman–Crippen LogP) is 1.69. The number of amides is 2. The molecule has 130 valence electrons. The summed E-state index contributed by atoms with van der Waals surface area (Å²) in [6, 6.07) is 4.04. The molecule has 1 atom stereocenters. The minimum absolute atomic E-state index is 0.110. The fraction of sp³-hybridized carbons (Fsp3) is 0.471. The van der Waals surface area contributed by atoms with Gasteiger partial charge >= 0.3 is 5.97 Å². The van der Waals surface area contributed by atoms with Crippen molar-refractivity contribution in [1.82, 2.24) is 5.32 Å². The lowest BCUT2D eigenvalue weighted by molar-refractivity contribution is -0.139. The van der Waals surface area contributed by atoms with Gasteiger partial charge in [0.15, 0.2) is 0 Å². The number of nitrogens with one attached hydrogen (secondary N) is 2. The van der Waals surface area contributed by atoms with E-state index in [1.54, 1.807) is 18.2 Å². The number of benzene rings is 1. The fourth-order valence-electron chi connectivity index (χ4n) is 2.65. The van der Waals surface area contributed by atoms with Gasteiger partial charge in [-0.15, -0.1) is 0 Å². The number of hydrogen-bond acceptors (Lipinski definition) is 4. The zero-order chi connectivity index (χ0) is 17.9. The Morgan fingerprint density at radius 3 is 2.71 bits per heavy atom. The molecule has 1 heterocycles. The molecular weight excluding hydrogens is 310 g/mol. The van der Waals surface area contributed by atoms with E-state index in [1.165, 1.54) is 0 Å². The van der Waals surface area contributed by atoms with Crippen molar-refractivity contribution >= 4 is 29.2 Å². The quantitative estimate of drug-likeness (QED) is 0.762. The summed E-state index contributed by atoms with van der Waals surface area (Å²) in [4.78, 5) is 37.3. The van der Waals surface area contributed by atoms with Crippen molar-refractivity contribution in [1.29, 1.82) is 0 Å². The molecule has 2 amide bonds. The molecule has 1 aromatic carbocycles. The molecule has 24 heavy (non-hydrogen) atoms. The minimum Gasteiger partial charge on any atom is -0.480 e. The van der Waals surface area contributed by atoms with Crippen LogP contribution in [0.25, 0.3) is 0 Å². The van der Waals surface area contributed by atoms with Crippen LogP contribution in [-0.4, -0.2) is 42.5 Å². The second kappa shape index (κ2) is 7.33. The number of hydrogen-bond donors (Lipinski definition) is 3. The van der Waals surface area contributed by atoms with Gasteiger partial charge in [0, 0.05) is 25.6 Å². The Morgan fingerprint density at radius 2 is 2.08 bits per heavy atom. The first-order chi connectivity index (χ1) is 11.3. The van der Waals surface area contributed by atoms with Crippen LogP contribution in [0.2, 0.25) is 0 Å². The number of carboxylic acids is 1. The van der Waals surface area contributed by atoms with Crippen LogP contribution in [0.1, 0.15) is 37.0 Å². The van der Waals surface area contributed by atoms with Gasteiger partial charge in [0.1, 0.15) is 6.04 Å². The van der Waals surface area contributed by atoms with Gasteiger partial charge < -0.3 is 20.6 Å². The van der Waals surface area contributed by atoms with Crippen molar-refractivity contribution in [3.05, 3.63) is 23.8 Å². The normalized spacial score (nSPS) is 15.3. The van der Waals surface area contributed by atoms with Crippen LogP contribution >= 0.6 is 0 Å². The number of carboxylic acid groups (broad SMARTS) is 1. The van der Waals surface area contributed by atoms with Gasteiger partial charge in [0.25, 0.3) is 5.91 Å². The van der Waals surface area contributed by atoms with Crippen LogP contribution in [0.15, 0.2) is 18.2 Å². The summed E-state index contributed by atoms with van der Waals surface area (Å²) in [5.74, 6) is -1.49. The molecule has 1 aliphatic heterocycles. The Kier molecular flexibility index (Phi) is 5.43. The monoisotopic (exact) mass is 333 g/mol. The number of rotatable bonds is 5. The van der Waals surface area contributed by atoms with Crippen molar-refractivity contribution in [2.45, 2.75) is 32.7 Å². The molecule has 7 nitrogen and oxygen atoms in total. The van der Waals surface area contributed by atoms with Crippen molar-refractivity contribution in [2.75, 3.05) is 23.8 Å². The third-order valence-electron chi connectivity index (χ3n) is 3.93. The van der Waals surface area contributed by atoms with Gasteiger partial charge in [0.05, 0.1) is 11.4 Å². The van der Waals surface area contributed by atoms with Crippen LogP contribution in [0.5, 0.6) is 0 Å². The lowest BCUT2D eigenvalue weighted by atomic mass is 10.0. The SMILES string of the molecule is CC(C)C[C@H](NC(=O)c1ccc2c(c1)NC(=O)CCN2C)C(=O)O. The molecule has 0 unspecified atom stereocenters. The molecule has 3 N–H and O–H groups in total. The maximum absolute atomic E-state index is 12.4. The van der Waals surface area contributed by atoms with E-state index in [4.69, 9.17) is 0 Å². The predicted molar refractivity (Wildman–Crippen MR) is 91.3 cm³/mol. The number of anilines is 2. The Morgan fingerprint density at radius 1 is 1.38 bits per heavy atom. The number of aliphatic carboxylic acids is 1. The third kappa shape index (κ3) is 4.24. The standard InChI is InChI=1S/C17H23N3O4/c1-10(2)8-13(17(23)24)19-16(22)11-4-5-14-12(9-11)18-15(21)6-7-20(14)3/h4-5,9-10,13H,6-8H2,1-3H3,(H,18,21)(H,19,22)(H,23,24)/t13-/m0/s1. The van der Waals surface area contributed by atoms with Crippen LogP contribution in [-0.2, 0) is 9.59 Å². The highest BCUT2D eigenvalue weighted by atomic mass is 16.4. The first kappa shape index (κ1) is 17.8. The first-order valence-electron chi connectivity index (χ1n) is 7.96.